The number of oxime groups is 1. The maximum Gasteiger partial charge on any atom is 0.257 e. The standard InChI is InChI=1S/C12H14BrF2N3O2/c1-12(2,11(16)18-20)5-17-10(19)9-7(14)3-6(13)4-8(9)15/h3-4,20H,5H2,1-2H3,(H2,16,18)(H,17,19). The van der Waals surface area contributed by atoms with E-state index in [0.717, 1.165) is 12.1 Å². The van der Waals surface area contributed by atoms with Gasteiger partial charge in [-0.15, -0.1) is 0 Å². The van der Waals surface area contributed by atoms with Gasteiger partial charge in [-0.3, -0.25) is 4.79 Å². The van der Waals surface area contributed by atoms with Gasteiger partial charge in [0.05, 0.1) is 0 Å². The van der Waals surface area contributed by atoms with Crippen LogP contribution in [0, 0.1) is 17.0 Å². The minimum Gasteiger partial charge on any atom is -0.409 e. The van der Waals surface area contributed by atoms with E-state index in [2.05, 4.69) is 26.4 Å². The first kappa shape index (κ1) is 16.4. The van der Waals surface area contributed by atoms with Crippen LogP contribution in [-0.2, 0) is 0 Å². The highest BCUT2D eigenvalue weighted by molar-refractivity contribution is 9.10. The fraction of sp³-hybridized carbons (Fsp3) is 0.333. The summed E-state index contributed by atoms with van der Waals surface area (Å²) in [6.07, 6.45) is 0. The molecule has 0 heterocycles. The average Bonchev–Trinajstić information content (AvgIpc) is 2.34. The Bertz CT molecular complexity index is 539. The van der Waals surface area contributed by atoms with Crippen molar-refractivity contribution in [1.29, 1.82) is 0 Å². The summed E-state index contributed by atoms with van der Waals surface area (Å²) < 4.78 is 27.4. The average molecular weight is 350 g/mol. The molecule has 1 aromatic rings. The van der Waals surface area contributed by atoms with E-state index in [-0.39, 0.29) is 16.9 Å². The molecule has 0 unspecified atom stereocenters. The smallest absolute Gasteiger partial charge is 0.257 e. The normalized spacial score (nSPS) is 12.3. The van der Waals surface area contributed by atoms with Crippen molar-refractivity contribution in [2.24, 2.45) is 16.3 Å². The van der Waals surface area contributed by atoms with E-state index in [9.17, 15) is 13.6 Å². The number of nitrogens with one attached hydrogen (secondary N) is 1. The minimum absolute atomic E-state index is 0.0450. The molecule has 0 radical (unpaired) electrons. The van der Waals surface area contributed by atoms with Crippen molar-refractivity contribution in [2.75, 3.05) is 6.54 Å². The summed E-state index contributed by atoms with van der Waals surface area (Å²) in [5.74, 6) is -2.96. The molecule has 20 heavy (non-hydrogen) atoms. The Kier molecular flexibility index (Phi) is 5.04. The lowest BCUT2D eigenvalue weighted by atomic mass is 9.92. The first-order valence-corrected chi connectivity index (χ1v) is 6.39. The van der Waals surface area contributed by atoms with Gasteiger partial charge in [0.1, 0.15) is 23.0 Å². The molecule has 0 atom stereocenters. The zero-order chi connectivity index (χ0) is 15.5. The molecule has 0 aliphatic rings. The number of carbonyl (C=O) groups is 1. The van der Waals surface area contributed by atoms with Gasteiger partial charge in [0, 0.05) is 16.4 Å². The second-order valence-electron chi connectivity index (χ2n) is 4.80. The third kappa shape index (κ3) is 3.66. The maximum absolute atomic E-state index is 13.6. The number of hydrogen-bond acceptors (Lipinski definition) is 3. The van der Waals surface area contributed by atoms with E-state index in [1.54, 1.807) is 13.8 Å². The van der Waals surface area contributed by atoms with Crippen LogP contribution >= 0.6 is 15.9 Å². The number of halogens is 3. The summed E-state index contributed by atoms with van der Waals surface area (Å²) in [5.41, 5.74) is 3.92. The molecule has 0 bridgehead atoms. The molecular weight excluding hydrogens is 336 g/mol. The number of amidine groups is 1. The number of carbonyl (C=O) groups excluding carboxylic acids is 1. The van der Waals surface area contributed by atoms with Crippen molar-refractivity contribution < 1.29 is 18.8 Å². The Morgan fingerprint density at radius 1 is 1.45 bits per heavy atom. The third-order valence-electron chi connectivity index (χ3n) is 2.73. The SMILES string of the molecule is CC(C)(CNC(=O)c1c(F)cc(Br)cc1F)C(N)=NO. The van der Waals surface area contributed by atoms with Crippen molar-refractivity contribution >= 4 is 27.7 Å². The molecule has 0 aliphatic heterocycles. The van der Waals surface area contributed by atoms with E-state index >= 15 is 0 Å². The van der Waals surface area contributed by atoms with Crippen molar-refractivity contribution in [2.45, 2.75) is 13.8 Å². The molecular formula is C12H14BrF2N3O2. The van der Waals surface area contributed by atoms with Crippen LogP contribution in [0.2, 0.25) is 0 Å². The van der Waals surface area contributed by atoms with Crippen LogP contribution < -0.4 is 11.1 Å². The molecule has 1 amide bonds. The molecule has 0 saturated carbocycles. The maximum atomic E-state index is 13.6. The Hall–Kier alpha value is -1.70. The Balaban J connectivity index is 2.89. The lowest BCUT2D eigenvalue weighted by Crippen LogP contribution is -2.43. The number of rotatable bonds is 4. The fourth-order valence-corrected chi connectivity index (χ4v) is 1.78. The highest BCUT2D eigenvalue weighted by Crippen LogP contribution is 2.20. The molecule has 4 N–H and O–H groups in total. The first-order valence-electron chi connectivity index (χ1n) is 5.60. The Labute approximate surface area is 123 Å². The minimum atomic E-state index is -0.976. The number of hydrogen-bond donors (Lipinski definition) is 3. The molecule has 5 nitrogen and oxygen atoms in total. The number of nitrogens with zero attached hydrogens (tertiary/aromatic N) is 1. The monoisotopic (exact) mass is 349 g/mol. The van der Waals surface area contributed by atoms with Crippen LogP contribution in [-0.4, -0.2) is 23.5 Å². The van der Waals surface area contributed by atoms with E-state index in [1.807, 2.05) is 0 Å². The predicted molar refractivity (Wildman–Crippen MR) is 73.6 cm³/mol. The van der Waals surface area contributed by atoms with Gasteiger partial charge in [0.25, 0.3) is 5.91 Å². The predicted octanol–water partition coefficient (Wildman–Crippen LogP) is 2.23. The Morgan fingerprint density at radius 2 is 1.95 bits per heavy atom. The molecule has 0 fully saturated rings. The van der Waals surface area contributed by atoms with E-state index in [0.29, 0.717) is 0 Å². The third-order valence-corrected chi connectivity index (χ3v) is 3.18. The summed E-state index contributed by atoms with van der Waals surface area (Å²) in [6, 6.07) is 1.99. The first-order chi connectivity index (χ1) is 9.19. The van der Waals surface area contributed by atoms with Crippen LogP contribution in [0.3, 0.4) is 0 Å². The second kappa shape index (κ2) is 6.17. The van der Waals surface area contributed by atoms with Crippen LogP contribution in [0.4, 0.5) is 8.78 Å². The molecule has 1 aromatic carbocycles. The number of benzene rings is 1. The van der Waals surface area contributed by atoms with Crippen molar-refractivity contribution in [3.05, 3.63) is 33.8 Å². The van der Waals surface area contributed by atoms with Crippen LogP contribution in [0.15, 0.2) is 21.8 Å². The second-order valence-corrected chi connectivity index (χ2v) is 5.71. The van der Waals surface area contributed by atoms with Gasteiger partial charge >= 0.3 is 0 Å². The highest BCUT2D eigenvalue weighted by atomic mass is 79.9. The van der Waals surface area contributed by atoms with Gasteiger partial charge in [-0.1, -0.05) is 34.9 Å². The Morgan fingerprint density at radius 3 is 2.40 bits per heavy atom. The van der Waals surface area contributed by atoms with E-state index in [4.69, 9.17) is 10.9 Å². The van der Waals surface area contributed by atoms with Gasteiger partial charge in [-0.05, 0) is 12.1 Å². The van der Waals surface area contributed by atoms with Gasteiger partial charge in [0.2, 0.25) is 0 Å². The fourth-order valence-electron chi connectivity index (χ4n) is 1.37. The van der Waals surface area contributed by atoms with Crippen molar-refractivity contribution in [3.8, 4) is 0 Å². The summed E-state index contributed by atoms with van der Waals surface area (Å²) in [5, 5.41) is 13.8. The molecule has 0 aliphatic carbocycles. The van der Waals surface area contributed by atoms with Crippen molar-refractivity contribution in [3.63, 3.8) is 0 Å². The molecule has 0 aromatic heterocycles. The molecule has 8 heteroatoms. The lowest BCUT2D eigenvalue weighted by Gasteiger charge is -2.23. The molecule has 1 rings (SSSR count). The molecule has 110 valence electrons. The summed E-state index contributed by atoms with van der Waals surface area (Å²) in [4.78, 5) is 11.8. The van der Waals surface area contributed by atoms with Crippen LogP contribution in [0.25, 0.3) is 0 Å². The molecule has 0 spiro atoms. The highest BCUT2D eigenvalue weighted by Gasteiger charge is 2.26. The van der Waals surface area contributed by atoms with Crippen molar-refractivity contribution in [1.82, 2.24) is 5.32 Å². The zero-order valence-corrected chi connectivity index (χ0v) is 12.5. The largest absolute Gasteiger partial charge is 0.409 e. The number of nitrogens with two attached hydrogens (primary N) is 1. The van der Waals surface area contributed by atoms with Gasteiger partial charge < -0.3 is 16.3 Å². The van der Waals surface area contributed by atoms with E-state index in [1.165, 1.54) is 0 Å². The van der Waals surface area contributed by atoms with Gasteiger partial charge in [-0.2, -0.15) is 0 Å². The van der Waals surface area contributed by atoms with Gasteiger partial charge in [-0.25, -0.2) is 8.78 Å². The quantitative estimate of drug-likeness (QED) is 0.337. The lowest BCUT2D eigenvalue weighted by molar-refractivity contribution is 0.0936. The van der Waals surface area contributed by atoms with E-state index < -0.39 is 28.5 Å². The molecule has 0 saturated heterocycles. The topological polar surface area (TPSA) is 87.7 Å². The van der Waals surface area contributed by atoms with Crippen LogP contribution in [0.5, 0.6) is 0 Å². The summed E-state index contributed by atoms with van der Waals surface area (Å²) in [6.45, 7) is 3.17. The summed E-state index contributed by atoms with van der Waals surface area (Å²) >= 11 is 2.92. The van der Waals surface area contributed by atoms with Gasteiger partial charge in [0.15, 0.2) is 0 Å². The zero-order valence-electron chi connectivity index (χ0n) is 10.9. The number of amides is 1. The summed E-state index contributed by atoms with van der Waals surface area (Å²) in [7, 11) is 0. The van der Waals surface area contributed by atoms with Crippen LogP contribution in [0.1, 0.15) is 24.2 Å².